The first-order valence-corrected chi connectivity index (χ1v) is 13.6. The van der Waals surface area contributed by atoms with E-state index in [2.05, 4.69) is 5.32 Å². The molecule has 1 saturated heterocycles. The molecule has 1 aromatic carbocycles. The Morgan fingerprint density at radius 2 is 1.65 bits per heavy atom. The van der Waals surface area contributed by atoms with Crippen molar-refractivity contribution < 1.29 is 43.5 Å². The van der Waals surface area contributed by atoms with Crippen LogP contribution in [0, 0.1) is 0 Å². The molecule has 1 fully saturated rings. The number of hydrogen-bond donors (Lipinski definition) is 3. The van der Waals surface area contributed by atoms with Crippen LogP contribution in [-0.4, -0.2) is 78.8 Å². The van der Waals surface area contributed by atoms with Crippen LogP contribution in [0.15, 0.2) is 66.1 Å². The second-order valence-corrected chi connectivity index (χ2v) is 10.6. The Bertz CT molecular complexity index is 1420. The first-order valence-electron chi connectivity index (χ1n) is 12.5. The Morgan fingerprint density at radius 1 is 1.00 bits per heavy atom. The van der Waals surface area contributed by atoms with Gasteiger partial charge in [0, 0.05) is 29.9 Å². The van der Waals surface area contributed by atoms with Gasteiger partial charge in [-0.1, -0.05) is 18.2 Å². The molecule has 0 aliphatic carbocycles. The highest BCUT2D eigenvalue weighted by atomic mass is 32.2. The second-order valence-electron chi connectivity index (χ2n) is 9.53. The highest BCUT2D eigenvalue weighted by Gasteiger charge is 2.54. The lowest BCUT2D eigenvalue weighted by Gasteiger charge is -2.49. The molecule has 0 radical (unpaired) electrons. The summed E-state index contributed by atoms with van der Waals surface area (Å²) in [5.41, 5.74) is 0.765. The molecular formula is C27H25N4O8S+. The molecule has 2 aromatic rings. The standard InChI is InChI=1S/C27H24N4O8S/c32-19(10-6-9-18(26(36)37)30-22(33)16-7-2-3-8-17(16)23(30)34)28-20-24(35)31-21(27(38)39)15(14-40-25(20)31)13-29-11-4-1-5-12-29/h1-5,7-8,11-12,18,20,25H,6,9-10,13-14H2,(H2-,28,32,36,37,38,39)/p+1/t18-,20-,25-/m1/s1. The van der Waals surface area contributed by atoms with E-state index < -0.39 is 53.0 Å². The van der Waals surface area contributed by atoms with E-state index in [1.165, 1.54) is 28.8 Å². The number of aliphatic carboxylic acids is 2. The number of imide groups is 1. The van der Waals surface area contributed by atoms with Gasteiger partial charge in [0.05, 0.1) is 11.1 Å². The zero-order chi connectivity index (χ0) is 28.6. The summed E-state index contributed by atoms with van der Waals surface area (Å²) in [4.78, 5) is 76.8. The number of pyridine rings is 1. The van der Waals surface area contributed by atoms with E-state index in [1.807, 2.05) is 22.8 Å². The third-order valence-corrected chi connectivity index (χ3v) is 8.36. The van der Waals surface area contributed by atoms with Crippen LogP contribution >= 0.6 is 11.8 Å². The maximum absolute atomic E-state index is 12.9. The van der Waals surface area contributed by atoms with Gasteiger partial charge in [0.1, 0.15) is 23.2 Å². The number of aromatic nitrogens is 1. The number of nitrogens with one attached hydrogen (secondary N) is 1. The van der Waals surface area contributed by atoms with Gasteiger partial charge in [0.15, 0.2) is 18.9 Å². The van der Waals surface area contributed by atoms with E-state index in [-0.39, 0.29) is 36.1 Å². The first kappa shape index (κ1) is 27.1. The fourth-order valence-electron chi connectivity index (χ4n) is 5.12. The smallest absolute Gasteiger partial charge is 0.352 e. The number of thioether (sulfide) groups is 1. The van der Waals surface area contributed by atoms with Crippen LogP contribution in [0.25, 0.3) is 0 Å². The summed E-state index contributed by atoms with van der Waals surface area (Å²) >= 11 is 1.36. The number of carboxylic acids is 2. The molecule has 0 unspecified atom stereocenters. The average molecular weight is 566 g/mol. The number of benzene rings is 1. The Kier molecular flexibility index (Phi) is 7.39. The van der Waals surface area contributed by atoms with Gasteiger partial charge in [-0.25, -0.2) is 14.2 Å². The maximum atomic E-state index is 12.9. The minimum Gasteiger partial charge on any atom is -0.480 e. The molecule has 5 rings (SSSR count). The number of β-lactam (4-membered cyclic amide) rings is 1. The van der Waals surface area contributed by atoms with E-state index in [9.17, 15) is 39.0 Å². The van der Waals surface area contributed by atoms with E-state index in [0.29, 0.717) is 22.8 Å². The van der Waals surface area contributed by atoms with E-state index in [1.54, 1.807) is 24.5 Å². The van der Waals surface area contributed by atoms with Crippen LogP contribution in [-0.2, 0) is 25.7 Å². The molecule has 3 atom stereocenters. The van der Waals surface area contributed by atoms with Crippen molar-refractivity contribution >= 4 is 47.3 Å². The van der Waals surface area contributed by atoms with Crippen LogP contribution in [0.1, 0.15) is 40.0 Å². The minimum atomic E-state index is -1.45. The van der Waals surface area contributed by atoms with Crippen LogP contribution in [0.5, 0.6) is 0 Å². The lowest BCUT2D eigenvalue weighted by molar-refractivity contribution is -0.689. The average Bonchev–Trinajstić information content (AvgIpc) is 3.19. The quantitative estimate of drug-likeness (QED) is 0.213. The van der Waals surface area contributed by atoms with Crippen molar-refractivity contribution in [3.05, 3.63) is 77.3 Å². The van der Waals surface area contributed by atoms with Crippen LogP contribution in [0.4, 0.5) is 0 Å². The molecule has 12 nitrogen and oxygen atoms in total. The number of rotatable bonds is 10. The highest BCUT2D eigenvalue weighted by Crippen LogP contribution is 2.40. The van der Waals surface area contributed by atoms with Crippen LogP contribution in [0.2, 0.25) is 0 Å². The summed E-state index contributed by atoms with van der Waals surface area (Å²) in [6, 6.07) is 9.20. The number of nitrogens with zero attached hydrogens (tertiary/aromatic N) is 3. The van der Waals surface area contributed by atoms with Crippen molar-refractivity contribution in [2.45, 2.75) is 43.3 Å². The molecule has 40 heavy (non-hydrogen) atoms. The summed E-state index contributed by atoms with van der Waals surface area (Å²) in [5.74, 6) is -4.66. The SMILES string of the molecule is O=C(CCC[C@H](C(=O)O)N1C(=O)c2ccccc2C1=O)N[C@@H]1C(=O)N2C(C(=O)O)=C(C[n+]3ccccc3)CS[C@H]12. The van der Waals surface area contributed by atoms with Crippen molar-refractivity contribution in [2.75, 3.05) is 5.75 Å². The topological polar surface area (TPSA) is 165 Å². The summed E-state index contributed by atoms with van der Waals surface area (Å²) in [6.45, 7) is 0.306. The first-order chi connectivity index (χ1) is 19.2. The molecule has 0 spiro atoms. The predicted octanol–water partition coefficient (Wildman–Crippen LogP) is 0.632. The number of fused-ring (bicyclic) bond motifs is 2. The number of hydrogen-bond acceptors (Lipinski definition) is 7. The lowest BCUT2D eigenvalue weighted by atomic mass is 10.0. The van der Waals surface area contributed by atoms with Gasteiger partial charge in [0.25, 0.3) is 17.7 Å². The largest absolute Gasteiger partial charge is 0.480 e. The molecule has 13 heteroatoms. The normalized spacial score (nSPS) is 20.6. The van der Waals surface area contributed by atoms with E-state index in [0.717, 1.165) is 0 Å². The number of amides is 4. The van der Waals surface area contributed by atoms with Crippen molar-refractivity contribution in [1.29, 1.82) is 0 Å². The van der Waals surface area contributed by atoms with Gasteiger partial charge < -0.3 is 15.5 Å². The zero-order valence-electron chi connectivity index (χ0n) is 21.1. The summed E-state index contributed by atoms with van der Waals surface area (Å²) in [6.07, 6.45) is 3.34. The molecule has 3 aliphatic rings. The molecule has 206 valence electrons. The summed E-state index contributed by atoms with van der Waals surface area (Å²) < 4.78 is 1.81. The summed E-state index contributed by atoms with van der Waals surface area (Å²) in [5, 5.41) is 21.6. The van der Waals surface area contributed by atoms with E-state index >= 15 is 0 Å². The van der Waals surface area contributed by atoms with Gasteiger partial charge >= 0.3 is 11.9 Å². The van der Waals surface area contributed by atoms with Crippen molar-refractivity contribution in [2.24, 2.45) is 0 Å². The number of carbonyl (C=O) groups is 6. The van der Waals surface area contributed by atoms with E-state index in [4.69, 9.17) is 0 Å². The molecule has 0 bridgehead atoms. The van der Waals surface area contributed by atoms with Crippen LogP contribution < -0.4 is 9.88 Å². The molecular weight excluding hydrogens is 540 g/mol. The molecule has 0 saturated carbocycles. The Labute approximate surface area is 232 Å². The van der Waals surface area contributed by atoms with Crippen LogP contribution in [0.3, 0.4) is 0 Å². The third kappa shape index (κ3) is 4.83. The monoisotopic (exact) mass is 565 g/mol. The van der Waals surface area contributed by atoms with Crippen molar-refractivity contribution in [3.63, 3.8) is 0 Å². The summed E-state index contributed by atoms with van der Waals surface area (Å²) in [7, 11) is 0. The zero-order valence-corrected chi connectivity index (χ0v) is 21.9. The number of carbonyl (C=O) groups excluding carboxylic acids is 4. The van der Waals surface area contributed by atoms with Gasteiger partial charge in [0.2, 0.25) is 5.91 Å². The molecule has 4 amide bonds. The molecule has 3 N–H and O–H groups in total. The fraction of sp³-hybridized carbons (Fsp3) is 0.296. The fourth-order valence-corrected chi connectivity index (χ4v) is 6.46. The lowest BCUT2D eigenvalue weighted by Crippen LogP contribution is -2.70. The Hall–Kier alpha value is -4.52. The maximum Gasteiger partial charge on any atom is 0.352 e. The van der Waals surface area contributed by atoms with Gasteiger partial charge in [-0.3, -0.25) is 29.0 Å². The molecule has 1 aromatic heterocycles. The van der Waals surface area contributed by atoms with Gasteiger partial charge in [-0.05, 0) is 25.0 Å². The number of carboxylic acid groups (broad SMARTS) is 2. The molecule has 4 heterocycles. The second kappa shape index (κ2) is 10.9. The van der Waals surface area contributed by atoms with Gasteiger partial charge in [-0.15, -0.1) is 11.8 Å². The van der Waals surface area contributed by atoms with Gasteiger partial charge in [-0.2, -0.15) is 0 Å². The highest BCUT2D eigenvalue weighted by molar-refractivity contribution is 8.00. The Balaban J connectivity index is 1.18. The molecule has 3 aliphatic heterocycles. The third-order valence-electron chi connectivity index (χ3n) is 7.02. The Morgan fingerprint density at radius 3 is 2.25 bits per heavy atom. The van der Waals surface area contributed by atoms with Crippen molar-refractivity contribution in [1.82, 2.24) is 15.1 Å². The minimum absolute atomic E-state index is 0.0391. The van der Waals surface area contributed by atoms with Crippen molar-refractivity contribution in [3.8, 4) is 0 Å². The predicted molar refractivity (Wildman–Crippen MR) is 139 cm³/mol.